The minimum Gasteiger partial charge on any atom is -0.216 e. The van der Waals surface area contributed by atoms with Crippen molar-refractivity contribution in [3.05, 3.63) is 47.9 Å². The Morgan fingerprint density at radius 1 is 1.05 bits per heavy atom. The summed E-state index contributed by atoms with van der Waals surface area (Å²) in [5, 5.41) is 3.52. The van der Waals surface area contributed by atoms with Crippen molar-refractivity contribution in [2.24, 2.45) is 0 Å². The van der Waals surface area contributed by atoms with Crippen molar-refractivity contribution < 1.29 is 13.2 Å². The molecule has 0 saturated heterocycles. The molecule has 3 rings (SSSR count). The Kier molecular flexibility index (Phi) is 2.70. The molecule has 0 bridgehead atoms. The lowest BCUT2D eigenvalue weighted by Gasteiger charge is -2.04. The van der Waals surface area contributed by atoms with Crippen LogP contribution in [0.3, 0.4) is 0 Å². The Hall–Kier alpha value is -2.44. The molecule has 2 heterocycles. The van der Waals surface area contributed by atoms with Gasteiger partial charge in [0.25, 0.3) is 11.6 Å². The predicted octanol–water partition coefficient (Wildman–Crippen LogP) is 3.12. The normalized spacial score (nSPS) is 12.0. The minimum absolute atomic E-state index is 0.0591. The van der Waals surface area contributed by atoms with E-state index in [9.17, 15) is 13.2 Å². The van der Waals surface area contributed by atoms with Crippen LogP contribution in [-0.4, -0.2) is 19.6 Å². The summed E-state index contributed by atoms with van der Waals surface area (Å²) in [6.45, 7) is 1.70. The summed E-state index contributed by atoms with van der Waals surface area (Å²) in [7, 11) is 0. The van der Waals surface area contributed by atoms with Gasteiger partial charge in [0.05, 0.1) is 5.69 Å². The number of aryl methyl sites for hydroxylation is 1. The molecule has 20 heavy (non-hydrogen) atoms. The average Bonchev–Trinajstić information content (AvgIpc) is 2.82. The molecule has 3 aromatic rings. The van der Waals surface area contributed by atoms with Crippen molar-refractivity contribution in [3.8, 4) is 11.3 Å². The smallest absolute Gasteiger partial charge is 0.216 e. The lowest BCUT2D eigenvalue weighted by Crippen LogP contribution is -2.07. The SMILES string of the molecule is Cc1cc(-c2ccccc2)n2nc(C(F)(F)F)nc2n1. The van der Waals surface area contributed by atoms with Crippen LogP contribution in [0.4, 0.5) is 13.2 Å². The van der Waals surface area contributed by atoms with E-state index in [1.165, 1.54) is 0 Å². The van der Waals surface area contributed by atoms with Gasteiger partial charge in [0, 0.05) is 11.3 Å². The standard InChI is InChI=1S/C13H9F3N4/c1-8-7-10(9-5-3-2-4-6-9)20-12(17-8)18-11(19-20)13(14,15)16/h2-7H,1H3. The number of benzene rings is 1. The van der Waals surface area contributed by atoms with Crippen LogP contribution >= 0.6 is 0 Å². The van der Waals surface area contributed by atoms with E-state index in [4.69, 9.17) is 0 Å². The fraction of sp³-hybridized carbons (Fsp3) is 0.154. The highest BCUT2D eigenvalue weighted by Gasteiger charge is 2.36. The number of halogens is 3. The first-order valence-electron chi connectivity index (χ1n) is 5.82. The third-order valence-electron chi connectivity index (χ3n) is 2.76. The third kappa shape index (κ3) is 2.11. The van der Waals surface area contributed by atoms with Gasteiger partial charge in [-0.2, -0.15) is 22.7 Å². The summed E-state index contributed by atoms with van der Waals surface area (Å²) in [5.74, 6) is -1.25. The van der Waals surface area contributed by atoms with Crippen molar-refractivity contribution >= 4 is 5.78 Å². The molecule has 0 aliphatic carbocycles. The molecule has 0 aliphatic rings. The largest absolute Gasteiger partial charge is 0.453 e. The van der Waals surface area contributed by atoms with Crippen molar-refractivity contribution in [1.82, 2.24) is 19.6 Å². The maximum atomic E-state index is 12.7. The minimum atomic E-state index is -4.59. The molecule has 7 heteroatoms. The van der Waals surface area contributed by atoms with E-state index in [0.29, 0.717) is 11.4 Å². The van der Waals surface area contributed by atoms with Crippen LogP contribution in [0.5, 0.6) is 0 Å². The molecule has 0 N–H and O–H groups in total. The van der Waals surface area contributed by atoms with Crippen molar-refractivity contribution in [2.75, 3.05) is 0 Å². The van der Waals surface area contributed by atoms with Crippen LogP contribution in [0, 0.1) is 6.92 Å². The van der Waals surface area contributed by atoms with Crippen LogP contribution in [0.2, 0.25) is 0 Å². The molecule has 1 aromatic carbocycles. The molecule has 0 unspecified atom stereocenters. The highest BCUT2D eigenvalue weighted by Crippen LogP contribution is 2.28. The third-order valence-corrected chi connectivity index (χ3v) is 2.76. The predicted molar refractivity (Wildman–Crippen MR) is 66.0 cm³/mol. The number of hydrogen-bond acceptors (Lipinski definition) is 3. The van der Waals surface area contributed by atoms with E-state index in [-0.39, 0.29) is 5.78 Å². The van der Waals surface area contributed by atoms with Gasteiger partial charge in [-0.3, -0.25) is 0 Å². The summed E-state index contributed by atoms with van der Waals surface area (Å²) < 4.78 is 39.2. The molecule has 2 aromatic heterocycles. The van der Waals surface area contributed by atoms with Crippen molar-refractivity contribution in [1.29, 1.82) is 0 Å². The van der Waals surface area contributed by atoms with E-state index in [0.717, 1.165) is 10.1 Å². The second-order valence-electron chi connectivity index (χ2n) is 4.29. The maximum absolute atomic E-state index is 12.7. The summed E-state index contributed by atoms with van der Waals surface area (Å²) in [5.41, 5.74) is 1.86. The Morgan fingerprint density at radius 2 is 1.75 bits per heavy atom. The van der Waals surface area contributed by atoms with E-state index >= 15 is 0 Å². The van der Waals surface area contributed by atoms with E-state index in [1.807, 2.05) is 6.07 Å². The summed E-state index contributed by atoms with van der Waals surface area (Å²) in [4.78, 5) is 7.43. The van der Waals surface area contributed by atoms with E-state index in [2.05, 4.69) is 15.1 Å². The lowest BCUT2D eigenvalue weighted by atomic mass is 10.1. The molecule has 0 amide bonds. The molecule has 0 atom stereocenters. The molecule has 4 nitrogen and oxygen atoms in total. The quantitative estimate of drug-likeness (QED) is 0.687. The van der Waals surface area contributed by atoms with Gasteiger partial charge < -0.3 is 0 Å². The second-order valence-corrected chi connectivity index (χ2v) is 4.29. The number of fused-ring (bicyclic) bond motifs is 1. The Labute approximate surface area is 111 Å². The van der Waals surface area contributed by atoms with Crippen molar-refractivity contribution in [2.45, 2.75) is 13.1 Å². The zero-order valence-electron chi connectivity index (χ0n) is 10.4. The highest BCUT2D eigenvalue weighted by atomic mass is 19.4. The van der Waals surface area contributed by atoms with Gasteiger partial charge in [0.15, 0.2) is 0 Å². The maximum Gasteiger partial charge on any atom is 0.453 e. The number of alkyl halides is 3. The van der Waals surface area contributed by atoms with Gasteiger partial charge in [-0.05, 0) is 13.0 Å². The molecular formula is C13H9F3N4. The average molecular weight is 278 g/mol. The van der Waals surface area contributed by atoms with Gasteiger partial charge in [0.2, 0.25) is 0 Å². The number of hydrogen-bond donors (Lipinski definition) is 0. The first kappa shape index (κ1) is 12.6. The fourth-order valence-electron chi connectivity index (χ4n) is 1.92. The van der Waals surface area contributed by atoms with Gasteiger partial charge in [0.1, 0.15) is 0 Å². The first-order chi connectivity index (χ1) is 9.45. The summed E-state index contributed by atoms with van der Waals surface area (Å²) in [6, 6.07) is 10.7. The number of rotatable bonds is 1. The Balaban J connectivity index is 2.29. The van der Waals surface area contributed by atoms with Crippen LogP contribution in [0.25, 0.3) is 17.0 Å². The molecule has 0 fully saturated rings. The zero-order chi connectivity index (χ0) is 14.3. The van der Waals surface area contributed by atoms with Gasteiger partial charge in [-0.1, -0.05) is 30.3 Å². The molecule has 0 radical (unpaired) electrons. The Bertz CT molecular complexity index is 762. The lowest BCUT2D eigenvalue weighted by molar-refractivity contribution is -0.144. The van der Waals surface area contributed by atoms with Gasteiger partial charge in [-0.15, -0.1) is 5.10 Å². The van der Waals surface area contributed by atoms with Crippen LogP contribution < -0.4 is 0 Å². The molecule has 0 spiro atoms. The first-order valence-corrected chi connectivity index (χ1v) is 5.82. The molecule has 102 valence electrons. The second kappa shape index (κ2) is 4.29. The van der Waals surface area contributed by atoms with Crippen molar-refractivity contribution in [3.63, 3.8) is 0 Å². The zero-order valence-corrected chi connectivity index (χ0v) is 10.4. The molecule has 0 aliphatic heterocycles. The number of nitrogens with zero attached hydrogens (tertiary/aromatic N) is 4. The molecule has 0 saturated carbocycles. The fourth-order valence-corrected chi connectivity index (χ4v) is 1.92. The van der Waals surface area contributed by atoms with Gasteiger partial charge >= 0.3 is 6.18 Å². The van der Waals surface area contributed by atoms with Crippen LogP contribution in [0.1, 0.15) is 11.5 Å². The monoisotopic (exact) mass is 278 g/mol. The topological polar surface area (TPSA) is 43.1 Å². The Morgan fingerprint density at radius 3 is 2.40 bits per heavy atom. The van der Waals surface area contributed by atoms with E-state index in [1.54, 1.807) is 37.3 Å². The van der Waals surface area contributed by atoms with Crippen LogP contribution in [0.15, 0.2) is 36.4 Å². The highest BCUT2D eigenvalue weighted by molar-refractivity contribution is 5.62. The summed E-state index contributed by atoms with van der Waals surface area (Å²) in [6.07, 6.45) is -4.59. The number of aromatic nitrogens is 4. The van der Waals surface area contributed by atoms with Crippen LogP contribution in [-0.2, 0) is 6.18 Å². The summed E-state index contributed by atoms with van der Waals surface area (Å²) >= 11 is 0. The molecular weight excluding hydrogens is 269 g/mol. The van der Waals surface area contributed by atoms with Gasteiger partial charge in [-0.25, -0.2) is 4.98 Å². The van der Waals surface area contributed by atoms with E-state index < -0.39 is 12.0 Å².